The first-order valence-corrected chi connectivity index (χ1v) is 8.29. The van der Waals surface area contributed by atoms with Gasteiger partial charge in [0.15, 0.2) is 0 Å². The molecule has 2 aliphatic rings. The number of pyridine rings is 1. The number of aromatic nitrogens is 1. The lowest BCUT2D eigenvalue weighted by Crippen LogP contribution is -2.42. The third kappa shape index (κ3) is 3.02. The fraction of sp³-hybridized carbons (Fsp3) is 0.316. The van der Waals surface area contributed by atoms with Gasteiger partial charge in [-0.2, -0.15) is 0 Å². The quantitative estimate of drug-likeness (QED) is 0.941. The SMILES string of the molecule is O=C1CN(C(=O)C[C@@H]2C[C@H]2Cc2ccccc2)c2ccncc2N1. The van der Waals surface area contributed by atoms with Crippen LogP contribution in [0.2, 0.25) is 0 Å². The molecule has 24 heavy (non-hydrogen) atoms. The van der Waals surface area contributed by atoms with Gasteiger partial charge in [0, 0.05) is 12.6 Å². The van der Waals surface area contributed by atoms with Crippen LogP contribution in [0.5, 0.6) is 0 Å². The van der Waals surface area contributed by atoms with Gasteiger partial charge in [0.2, 0.25) is 11.8 Å². The zero-order chi connectivity index (χ0) is 16.5. The monoisotopic (exact) mass is 321 g/mol. The number of carbonyl (C=O) groups excluding carboxylic acids is 2. The summed E-state index contributed by atoms with van der Waals surface area (Å²) in [6, 6.07) is 12.2. The Labute approximate surface area is 140 Å². The van der Waals surface area contributed by atoms with Crippen LogP contribution in [-0.4, -0.2) is 23.3 Å². The lowest BCUT2D eigenvalue weighted by atomic mass is 10.1. The Morgan fingerprint density at radius 1 is 1.21 bits per heavy atom. The Hall–Kier alpha value is -2.69. The van der Waals surface area contributed by atoms with Crippen LogP contribution in [0.3, 0.4) is 0 Å². The molecule has 1 saturated carbocycles. The highest BCUT2D eigenvalue weighted by Gasteiger charge is 2.40. The van der Waals surface area contributed by atoms with Crippen molar-refractivity contribution in [2.24, 2.45) is 11.8 Å². The largest absolute Gasteiger partial charge is 0.321 e. The van der Waals surface area contributed by atoms with E-state index < -0.39 is 0 Å². The van der Waals surface area contributed by atoms with E-state index in [0.717, 1.165) is 18.5 Å². The van der Waals surface area contributed by atoms with Crippen molar-refractivity contribution in [1.29, 1.82) is 0 Å². The van der Waals surface area contributed by atoms with Crippen LogP contribution in [0.15, 0.2) is 48.8 Å². The molecule has 0 radical (unpaired) electrons. The van der Waals surface area contributed by atoms with E-state index in [4.69, 9.17) is 0 Å². The standard InChI is InChI=1S/C19H19N3O2/c23-18-12-22(17-6-7-20-11-16(17)21-18)19(24)10-15-9-14(15)8-13-4-2-1-3-5-13/h1-7,11,14-15H,8-10,12H2,(H,21,23)/t14-,15+/m1/s1. The molecule has 1 aromatic heterocycles. The van der Waals surface area contributed by atoms with Crippen LogP contribution in [0.1, 0.15) is 18.4 Å². The third-order valence-corrected chi connectivity index (χ3v) is 4.81. The number of benzene rings is 1. The molecule has 1 aliphatic carbocycles. The molecule has 2 atom stereocenters. The first-order chi connectivity index (χ1) is 11.7. The topological polar surface area (TPSA) is 62.3 Å². The molecule has 122 valence electrons. The third-order valence-electron chi connectivity index (χ3n) is 4.81. The Balaban J connectivity index is 1.40. The maximum atomic E-state index is 12.7. The van der Waals surface area contributed by atoms with Gasteiger partial charge in [-0.3, -0.25) is 14.6 Å². The molecule has 0 bridgehead atoms. The molecule has 5 nitrogen and oxygen atoms in total. The number of hydrogen-bond acceptors (Lipinski definition) is 3. The van der Waals surface area contributed by atoms with Crippen molar-refractivity contribution in [3.05, 3.63) is 54.4 Å². The smallest absolute Gasteiger partial charge is 0.244 e. The maximum absolute atomic E-state index is 12.7. The summed E-state index contributed by atoms with van der Waals surface area (Å²) in [5, 5.41) is 2.76. The highest BCUT2D eigenvalue weighted by Crippen LogP contribution is 2.44. The second-order valence-corrected chi connectivity index (χ2v) is 6.57. The molecule has 1 N–H and O–H groups in total. The van der Waals surface area contributed by atoms with Gasteiger partial charge in [-0.05, 0) is 36.3 Å². The van der Waals surface area contributed by atoms with Crippen molar-refractivity contribution in [2.45, 2.75) is 19.3 Å². The molecule has 2 aromatic rings. The Bertz CT molecular complexity index is 775. The molecule has 5 heteroatoms. The molecule has 0 saturated heterocycles. The average molecular weight is 321 g/mol. The van der Waals surface area contributed by atoms with Gasteiger partial charge in [-0.25, -0.2) is 0 Å². The van der Waals surface area contributed by atoms with Crippen molar-refractivity contribution in [3.63, 3.8) is 0 Å². The van der Waals surface area contributed by atoms with Gasteiger partial charge in [-0.15, -0.1) is 0 Å². The molecule has 0 spiro atoms. The van der Waals surface area contributed by atoms with Gasteiger partial charge in [0.25, 0.3) is 0 Å². The van der Waals surface area contributed by atoms with Crippen molar-refractivity contribution in [3.8, 4) is 0 Å². The fourth-order valence-electron chi connectivity index (χ4n) is 3.42. The van der Waals surface area contributed by atoms with Crippen molar-refractivity contribution >= 4 is 23.2 Å². The van der Waals surface area contributed by atoms with Crippen LogP contribution < -0.4 is 10.2 Å². The zero-order valence-corrected chi connectivity index (χ0v) is 13.3. The fourth-order valence-corrected chi connectivity index (χ4v) is 3.42. The number of nitrogens with zero attached hydrogens (tertiary/aromatic N) is 2. The van der Waals surface area contributed by atoms with E-state index in [1.54, 1.807) is 23.4 Å². The molecule has 2 heterocycles. The van der Waals surface area contributed by atoms with E-state index in [1.807, 2.05) is 6.07 Å². The molecule has 1 aliphatic heterocycles. The molecular weight excluding hydrogens is 302 g/mol. The summed E-state index contributed by atoms with van der Waals surface area (Å²) < 4.78 is 0. The summed E-state index contributed by atoms with van der Waals surface area (Å²) in [4.78, 5) is 30.1. The summed E-state index contributed by atoms with van der Waals surface area (Å²) in [7, 11) is 0. The van der Waals surface area contributed by atoms with Crippen molar-refractivity contribution < 1.29 is 9.59 Å². The van der Waals surface area contributed by atoms with Crippen LogP contribution in [0, 0.1) is 11.8 Å². The highest BCUT2D eigenvalue weighted by molar-refractivity contribution is 6.09. The van der Waals surface area contributed by atoms with E-state index in [9.17, 15) is 9.59 Å². The Morgan fingerprint density at radius 2 is 2.04 bits per heavy atom. The van der Waals surface area contributed by atoms with E-state index in [-0.39, 0.29) is 18.4 Å². The number of amides is 2. The van der Waals surface area contributed by atoms with E-state index in [2.05, 4.69) is 34.6 Å². The molecule has 1 fully saturated rings. The summed E-state index contributed by atoms with van der Waals surface area (Å²) in [6.45, 7) is 0.0892. The van der Waals surface area contributed by atoms with Gasteiger partial charge in [0.05, 0.1) is 17.6 Å². The first kappa shape index (κ1) is 14.9. The van der Waals surface area contributed by atoms with Crippen molar-refractivity contribution in [1.82, 2.24) is 4.98 Å². The second-order valence-electron chi connectivity index (χ2n) is 6.57. The zero-order valence-electron chi connectivity index (χ0n) is 13.3. The predicted molar refractivity (Wildman–Crippen MR) is 91.6 cm³/mol. The molecule has 1 aromatic carbocycles. The summed E-state index contributed by atoms with van der Waals surface area (Å²) in [5.74, 6) is 0.859. The number of hydrogen-bond donors (Lipinski definition) is 1. The Morgan fingerprint density at radius 3 is 2.88 bits per heavy atom. The molecule has 0 unspecified atom stereocenters. The minimum atomic E-state index is -0.166. The number of nitrogens with one attached hydrogen (secondary N) is 1. The molecular formula is C19H19N3O2. The van der Waals surface area contributed by atoms with E-state index in [1.165, 1.54) is 5.56 Å². The van der Waals surface area contributed by atoms with Crippen LogP contribution >= 0.6 is 0 Å². The first-order valence-electron chi connectivity index (χ1n) is 8.29. The summed E-state index contributed by atoms with van der Waals surface area (Å²) in [6.07, 6.45) is 5.85. The number of fused-ring (bicyclic) bond motifs is 1. The normalized spacial score (nSPS) is 21.8. The number of carbonyl (C=O) groups is 2. The summed E-state index contributed by atoms with van der Waals surface area (Å²) >= 11 is 0. The lowest BCUT2D eigenvalue weighted by Gasteiger charge is -2.28. The maximum Gasteiger partial charge on any atom is 0.244 e. The highest BCUT2D eigenvalue weighted by atomic mass is 16.2. The van der Waals surface area contributed by atoms with E-state index in [0.29, 0.717) is 23.9 Å². The van der Waals surface area contributed by atoms with Crippen molar-refractivity contribution in [2.75, 3.05) is 16.8 Å². The minimum Gasteiger partial charge on any atom is -0.321 e. The van der Waals surface area contributed by atoms with Crippen LogP contribution in [0.4, 0.5) is 11.4 Å². The van der Waals surface area contributed by atoms with E-state index >= 15 is 0 Å². The van der Waals surface area contributed by atoms with Crippen LogP contribution in [0.25, 0.3) is 0 Å². The number of rotatable bonds is 4. The van der Waals surface area contributed by atoms with Gasteiger partial charge in [0.1, 0.15) is 6.54 Å². The van der Waals surface area contributed by atoms with Gasteiger partial charge < -0.3 is 10.2 Å². The predicted octanol–water partition coefficient (Wildman–Crippen LogP) is 2.64. The average Bonchev–Trinajstić information content (AvgIpc) is 3.32. The Kier molecular flexibility index (Phi) is 3.76. The number of anilines is 2. The lowest BCUT2D eigenvalue weighted by molar-refractivity contribution is -0.122. The minimum absolute atomic E-state index is 0.0258. The second kappa shape index (κ2) is 6.07. The molecule has 2 amide bonds. The van der Waals surface area contributed by atoms with Gasteiger partial charge in [-0.1, -0.05) is 30.3 Å². The van der Waals surface area contributed by atoms with Crippen LogP contribution in [-0.2, 0) is 16.0 Å². The van der Waals surface area contributed by atoms with Gasteiger partial charge >= 0.3 is 0 Å². The molecule has 4 rings (SSSR count). The summed E-state index contributed by atoms with van der Waals surface area (Å²) in [5.41, 5.74) is 2.68.